The van der Waals surface area contributed by atoms with Gasteiger partial charge in [-0.15, -0.1) is 0 Å². The van der Waals surface area contributed by atoms with E-state index in [-0.39, 0.29) is 80.5 Å². The average molecular weight is 1150 g/mol. The number of aromatic nitrogens is 8. The van der Waals surface area contributed by atoms with Gasteiger partial charge in [0.1, 0.15) is 28.7 Å². The molecular formula is C68H42N16O4. The van der Waals surface area contributed by atoms with Gasteiger partial charge in [-0.05, 0) is 71.8 Å². The third-order valence-corrected chi connectivity index (χ3v) is 14.9. The van der Waals surface area contributed by atoms with Crippen LogP contribution in [0.3, 0.4) is 0 Å². The van der Waals surface area contributed by atoms with Gasteiger partial charge in [0.15, 0.2) is 23.3 Å². The second kappa shape index (κ2) is 21.6. The summed E-state index contributed by atoms with van der Waals surface area (Å²) in [7, 11) is 0. The number of amides is 4. The van der Waals surface area contributed by atoms with Crippen LogP contribution in [0, 0.1) is 45.3 Å². The van der Waals surface area contributed by atoms with Gasteiger partial charge in [0.05, 0.1) is 46.1 Å². The molecule has 0 spiro atoms. The maximum atomic E-state index is 12.6. The summed E-state index contributed by atoms with van der Waals surface area (Å²) in [6.07, 6.45) is 0. The predicted molar refractivity (Wildman–Crippen MR) is 333 cm³/mol. The Balaban J connectivity index is 1.27. The fourth-order valence-electron chi connectivity index (χ4n) is 11.4. The molecule has 0 saturated carbocycles. The van der Waals surface area contributed by atoms with Crippen molar-refractivity contribution in [3.05, 3.63) is 174 Å². The van der Waals surface area contributed by atoms with Crippen molar-refractivity contribution >= 4 is 90.5 Å². The molecule has 13 rings (SSSR count). The third-order valence-electron chi connectivity index (χ3n) is 14.9. The number of H-pyrrole nitrogens is 1. The summed E-state index contributed by atoms with van der Waals surface area (Å²) in [5.74, 6) is -0.499. The van der Waals surface area contributed by atoms with Crippen LogP contribution in [0.5, 0.6) is 0 Å². The van der Waals surface area contributed by atoms with Crippen LogP contribution in [0.1, 0.15) is 49.9 Å². The number of hydrogen-bond donors (Lipinski definition) is 5. The molecule has 0 atom stereocenters. The van der Waals surface area contributed by atoms with E-state index in [0.717, 1.165) is 0 Å². The molecule has 88 heavy (non-hydrogen) atoms. The third kappa shape index (κ3) is 9.45. The lowest BCUT2D eigenvalue weighted by atomic mass is 9.81. The Labute approximate surface area is 499 Å². The molecule has 5 heterocycles. The highest BCUT2D eigenvalue weighted by atomic mass is 16.2. The first kappa shape index (κ1) is 54.2. The molecule has 20 nitrogen and oxygen atoms in total. The van der Waals surface area contributed by atoms with E-state index in [0.29, 0.717) is 117 Å². The molecule has 8 bridgehead atoms. The van der Waals surface area contributed by atoms with Crippen molar-refractivity contribution in [1.29, 1.82) is 21.0 Å². The van der Waals surface area contributed by atoms with E-state index in [4.69, 9.17) is 29.9 Å². The Hall–Kier alpha value is -13.0. The molecule has 5 N–H and O–H groups in total. The Morgan fingerprint density at radius 3 is 1.19 bits per heavy atom. The minimum Gasteiger partial charge on any atom is -0.326 e. The van der Waals surface area contributed by atoms with Crippen LogP contribution in [0.2, 0.25) is 0 Å². The smallest absolute Gasteiger partial charge is 0.221 e. The number of rotatable bonds is 8. The van der Waals surface area contributed by atoms with E-state index >= 15 is 0 Å². The van der Waals surface area contributed by atoms with Crippen LogP contribution in [0.15, 0.2) is 152 Å². The standard InChI is InChI=1S/C68H42N16O4/c1-34(85)73-42-17-21-46(38(25-42)30-69)55-29-56-60(59(48-23-19-44(75-36(3)87)27-40(48)32-71)58(55)47-22-18-43(74-35(2)86)26-39(47)31-70)66-80-62-50-12-6-8-14-52(50)64(78-62)83-68-54-16-10-9-15-53(54)67(84(68)57-24-20-45(76-37(4)88)28-41(57)33-72)82-63-51-13-7-5-11-49(51)61(77-63)79-65(56)81-66/h5-29H,1-4H3,(H,73,85)(H,74,86)(H,75,87)(H,76,88)(H,77,78,79,80,81,82,83). The van der Waals surface area contributed by atoms with Crippen molar-refractivity contribution in [3.63, 3.8) is 0 Å². The quantitative estimate of drug-likeness (QED) is 0.0945. The topological polar surface area (TPSA) is 310 Å². The highest BCUT2D eigenvalue weighted by Crippen LogP contribution is 2.50. The number of benzene rings is 8. The molecule has 2 aliphatic heterocycles. The lowest BCUT2D eigenvalue weighted by Gasteiger charge is -2.21. The number of carbonyl (C=O) groups excluding carboxylic acids is 4. The van der Waals surface area contributed by atoms with Crippen molar-refractivity contribution in [3.8, 4) is 109 Å². The fourth-order valence-corrected chi connectivity index (χ4v) is 11.4. The van der Waals surface area contributed by atoms with Crippen LogP contribution >= 0.6 is 0 Å². The van der Waals surface area contributed by atoms with E-state index in [1.165, 1.54) is 39.8 Å². The first-order valence-corrected chi connectivity index (χ1v) is 27.3. The monoisotopic (exact) mass is 1150 g/mol. The summed E-state index contributed by atoms with van der Waals surface area (Å²) >= 11 is 0. The Bertz CT molecular complexity index is 5320. The Morgan fingerprint density at radius 2 is 0.750 bits per heavy atom. The van der Waals surface area contributed by atoms with Crippen molar-refractivity contribution in [2.45, 2.75) is 27.7 Å². The second-order valence-electron chi connectivity index (χ2n) is 20.7. The number of carbonyl (C=O) groups is 4. The molecule has 0 radical (unpaired) electrons. The summed E-state index contributed by atoms with van der Waals surface area (Å²) in [5.41, 5.74) is 7.86. The minimum atomic E-state index is -0.379. The molecule has 0 unspecified atom stereocenters. The molecule has 11 aromatic rings. The van der Waals surface area contributed by atoms with Gasteiger partial charge >= 0.3 is 0 Å². The number of hydrogen-bond acceptors (Lipinski definition) is 14. The molecule has 8 aromatic carbocycles. The van der Waals surface area contributed by atoms with E-state index in [9.17, 15) is 40.2 Å². The zero-order valence-electron chi connectivity index (χ0n) is 47.0. The van der Waals surface area contributed by atoms with Gasteiger partial charge in [0, 0.05) is 116 Å². The van der Waals surface area contributed by atoms with Crippen molar-refractivity contribution in [2.75, 3.05) is 21.3 Å². The average Bonchev–Trinajstić information content (AvgIpc) is 1.42. The molecule has 4 amide bonds. The maximum absolute atomic E-state index is 12.6. The van der Waals surface area contributed by atoms with Gasteiger partial charge in [-0.2, -0.15) is 21.0 Å². The van der Waals surface area contributed by atoms with Gasteiger partial charge in [-0.1, -0.05) is 91.0 Å². The number of fused-ring (bicyclic) bond motifs is 20. The largest absolute Gasteiger partial charge is 0.326 e. The summed E-state index contributed by atoms with van der Waals surface area (Å²) in [4.78, 5) is 85.4. The number of nitriles is 4. The Morgan fingerprint density at radius 1 is 0.375 bits per heavy atom. The maximum Gasteiger partial charge on any atom is 0.221 e. The summed E-state index contributed by atoms with van der Waals surface area (Å²) < 4.78 is 1.79. The SMILES string of the molecule is CC(=O)Nc1ccc(-c2cc3c4nc5nc(nc6c7ccccc7c(nc7nc(nc([nH]4)c3c(-c3ccc(NC(C)=O)cc3C#N)c2-c2ccc(NC(C)=O)cc2C#N)-c2ccccc2-7)n6-c2ccc(NC(C)=O)cc2C#N)-c2ccccc2-5)c(C#N)c1. The van der Waals surface area contributed by atoms with E-state index in [2.05, 4.69) is 50.5 Å². The van der Waals surface area contributed by atoms with E-state index in [1.54, 1.807) is 65.2 Å². The molecule has 2 aliphatic rings. The van der Waals surface area contributed by atoms with Gasteiger partial charge < -0.3 is 26.3 Å². The van der Waals surface area contributed by atoms with Crippen LogP contribution in [-0.4, -0.2) is 63.1 Å². The van der Waals surface area contributed by atoms with Crippen molar-refractivity contribution in [1.82, 2.24) is 39.5 Å². The lowest BCUT2D eigenvalue weighted by Crippen LogP contribution is -2.07. The molecule has 3 aromatic heterocycles. The zero-order valence-corrected chi connectivity index (χ0v) is 47.0. The van der Waals surface area contributed by atoms with Crippen LogP contribution in [0.4, 0.5) is 22.7 Å². The summed E-state index contributed by atoms with van der Waals surface area (Å²) in [6, 6.07) is 53.2. The molecule has 0 fully saturated rings. The van der Waals surface area contributed by atoms with Gasteiger partial charge in [-0.25, -0.2) is 29.9 Å². The van der Waals surface area contributed by atoms with Crippen LogP contribution < -0.4 is 21.3 Å². The Kier molecular flexibility index (Phi) is 13.3. The second-order valence-corrected chi connectivity index (χ2v) is 20.7. The summed E-state index contributed by atoms with van der Waals surface area (Å²) in [5, 5.41) is 57.6. The number of nitrogens with one attached hydrogen (secondary N) is 5. The normalized spacial score (nSPS) is 11.1. The summed E-state index contributed by atoms with van der Waals surface area (Å²) in [6.45, 7) is 5.44. The highest BCUT2D eigenvalue weighted by Gasteiger charge is 2.30. The van der Waals surface area contributed by atoms with Crippen molar-refractivity contribution in [2.24, 2.45) is 0 Å². The molecular weight excluding hydrogens is 1100 g/mol. The van der Waals surface area contributed by atoms with Gasteiger partial charge in [-0.3, -0.25) is 23.7 Å². The first-order chi connectivity index (χ1) is 42.7. The van der Waals surface area contributed by atoms with Gasteiger partial charge in [0.2, 0.25) is 23.6 Å². The number of anilines is 4. The number of aromatic amines is 1. The van der Waals surface area contributed by atoms with Gasteiger partial charge in [0.25, 0.3) is 0 Å². The fraction of sp³-hybridized carbons (Fsp3) is 0.0588. The predicted octanol–water partition coefficient (Wildman–Crippen LogP) is 12.7. The van der Waals surface area contributed by atoms with Crippen LogP contribution in [-0.2, 0) is 19.2 Å². The molecule has 418 valence electrons. The number of nitrogens with zero attached hydrogens (tertiary/aromatic N) is 11. The van der Waals surface area contributed by atoms with E-state index in [1.807, 2.05) is 78.9 Å². The van der Waals surface area contributed by atoms with Crippen molar-refractivity contribution < 1.29 is 19.2 Å². The zero-order chi connectivity index (χ0) is 61.1. The highest BCUT2D eigenvalue weighted by molar-refractivity contribution is 6.21. The molecule has 0 aliphatic carbocycles. The lowest BCUT2D eigenvalue weighted by molar-refractivity contribution is -0.115. The van der Waals surface area contributed by atoms with E-state index < -0.39 is 0 Å². The molecule has 20 heteroatoms. The van der Waals surface area contributed by atoms with Crippen LogP contribution in [0.25, 0.3) is 129 Å². The molecule has 0 saturated heterocycles. The first-order valence-electron chi connectivity index (χ1n) is 27.3. The minimum absolute atomic E-state index is 0.0940.